The number of halogens is 1. The predicted octanol–water partition coefficient (Wildman–Crippen LogP) is 5.48. The Bertz CT molecular complexity index is 1070. The standard InChI is InChI=1S/C25H25ClN2O4/c1-3-30-23-14-11-19(15-24(23)31-4-2)25(29)28-27-16-18-9-12-21(13-10-18)32-17-20-7-5-6-8-22(20)26/h5-16H,3-4,17H2,1-2H3,(H,28,29)/b27-16+. The summed E-state index contributed by atoms with van der Waals surface area (Å²) in [7, 11) is 0. The molecule has 166 valence electrons. The van der Waals surface area contributed by atoms with Crippen LogP contribution in [0.1, 0.15) is 35.3 Å². The minimum atomic E-state index is -0.343. The minimum absolute atomic E-state index is 0.343. The fraction of sp³-hybridized carbons (Fsp3) is 0.200. The van der Waals surface area contributed by atoms with Crippen molar-refractivity contribution >= 4 is 23.7 Å². The quantitative estimate of drug-likeness (QED) is 0.326. The highest BCUT2D eigenvalue weighted by atomic mass is 35.5. The molecule has 0 aliphatic carbocycles. The van der Waals surface area contributed by atoms with E-state index in [1.807, 2.05) is 62.4 Å². The predicted molar refractivity (Wildman–Crippen MR) is 126 cm³/mol. The van der Waals surface area contributed by atoms with E-state index in [0.29, 0.717) is 47.7 Å². The summed E-state index contributed by atoms with van der Waals surface area (Å²) in [6.07, 6.45) is 1.56. The van der Waals surface area contributed by atoms with Crippen LogP contribution in [0.3, 0.4) is 0 Å². The molecule has 0 saturated carbocycles. The Balaban J connectivity index is 1.55. The van der Waals surface area contributed by atoms with E-state index in [1.54, 1.807) is 24.4 Å². The van der Waals surface area contributed by atoms with Gasteiger partial charge in [0.25, 0.3) is 5.91 Å². The monoisotopic (exact) mass is 452 g/mol. The van der Waals surface area contributed by atoms with Crippen molar-refractivity contribution < 1.29 is 19.0 Å². The van der Waals surface area contributed by atoms with Crippen LogP contribution in [0.5, 0.6) is 17.2 Å². The number of ether oxygens (including phenoxy) is 3. The first-order valence-corrected chi connectivity index (χ1v) is 10.7. The lowest BCUT2D eigenvalue weighted by Gasteiger charge is -2.11. The molecule has 3 aromatic carbocycles. The van der Waals surface area contributed by atoms with E-state index < -0.39 is 0 Å². The van der Waals surface area contributed by atoms with Crippen LogP contribution >= 0.6 is 11.6 Å². The molecule has 0 aromatic heterocycles. The van der Waals surface area contributed by atoms with Gasteiger partial charge < -0.3 is 14.2 Å². The molecule has 0 unspecified atom stereocenters. The third kappa shape index (κ3) is 6.49. The number of amides is 1. The summed E-state index contributed by atoms with van der Waals surface area (Å²) >= 11 is 6.14. The first kappa shape index (κ1) is 23.2. The minimum Gasteiger partial charge on any atom is -0.490 e. The van der Waals surface area contributed by atoms with Gasteiger partial charge in [-0.2, -0.15) is 5.10 Å². The number of nitrogens with one attached hydrogen (secondary N) is 1. The molecule has 0 aliphatic heterocycles. The normalized spacial score (nSPS) is 10.7. The van der Waals surface area contributed by atoms with Gasteiger partial charge in [-0.25, -0.2) is 5.43 Å². The zero-order valence-corrected chi connectivity index (χ0v) is 18.8. The second-order valence-electron chi connectivity index (χ2n) is 6.68. The number of benzene rings is 3. The van der Waals surface area contributed by atoms with Gasteiger partial charge in [-0.1, -0.05) is 29.8 Å². The summed E-state index contributed by atoms with van der Waals surface area (Å²) in [6, 6.07) is 20.0. The number of nitrogens with zero attached hydrogens (tertiary/aromatic N) is 1. The van der Waals surface area contributed by atoms with Crippen LogP contribution in [0.15, 0.2) is 71.8 Å². The second kappa shape index (κ2) is 11.8. The topological polar surface area (TPSA) is 69.2 Å². The molecule has 0 atom stereocenters. The van der Waals surface area contributed by atoms with Gasteiger partial charge >= 0.3 is 0 Å². The van der Waals surface area contributed by atoms with Crippen molar-refractivity contribution in [2.45, 2.75) is 20.5 Å². The molecule has 0 bridgehead atoms. The average molecular weight is 453 g/mol. The van der Waals surface area contributed by atoms with E-state index in [4.69, 9.17) is 25.8 Å². The van der Waals surface area contributed by atoms with E-state index in [9.17, 15) is 4.79 Å². The average Bonchev–Trinajstić information content (AvgIpc) is 2.81. The lowest BCUT2D eigenvalue weighted by atomic mass is 10.2. The molecule has 0 heterocycles. The van der Waals surface area contributed by atoms with Gasteiger partial charge in [-0.15, -0.1) is 0 Å². The summed E-state index contributed by atoms with van der Waals surface area (Å²) in [5, 5.41) is 4.71. The summed E-state index contributed by atoms with van der Waals surface area (Å²) in [6.45, 7) is 5.14. The smallest absolute Gasteiger partial charge is 0.271 e. The second-order valence-corrected chi connectivity index (χ2v) is 7.08. The highest BCUT2D eigenvalue weighted by Gasteiger charge is 2.11. The summed E-state index contributed by atoms with van der Waals surface area (Å²) in [5.41, 5.74) is 4.69. The molecule has 7 heteroatoms. The Kier molecular flexibility index (Phi) is 8.52. The van der Waals surface area contributed by atoms with Gasteiger partial charge in [0.05, 0.1) is 19.4 Å². The van der Waals surface area contributed by atoms with Crippen molar-refractivity contribution in [3.63, 3.8) is 0 Å². The SMILES string of the molecule is CCOc1ccc(C(=O)N/N=C/c2ccc(OCc3ccccc3Cl)cc2)cc1OCC. The molecule has 1 amide bonds. The molecule has 3 rings (SSSR count). The Labute approximate surface area is 192 Å². The first-order valence-electron chi connectivity index (χ1n) is 10.3. The van der Waals surface area contributed by atoms with Crippen LogP contribution in [0, 0.1) is 0 Å². The molecule has 6 nitrogen and oxygen atoms in total. The number of carbonyl (C=O) groups excluding carboxylic acids is 1. The molecule has 32 heavy (non-hydrogen) atoms. The molecular formula is C25H25ClN2O4. The van der Waals surface area contributed by atoms with Gasteiger partial charge in [-0.3, -0.25) is 4.79 Å². The third-order valence-electron chi connectivity index (χ3n) is 4.42. The molecule has 0 radical (unpaired) electrons. The summed E-state index contributed by atoms with van der Waals surface area (Å²) < 4.78 is 16.8. The first-order chi connectivity index (χ1) is 15.6. The molecule has 0 fully saturated rings. The molecule has 1 N–H and O–H groups in total. The van der Waals surface area contributed by atoms with Crippen LogP contribution in [-0.2, 0) is 6.61 Å². The van der Waals surface area contributed by atoms with Crippen LogP contribution in [0.2, 0.25) is 5.02 Å². The van der Waals surface area contributed by atoms with Gasteiger partial charge in [0.2, 0.25) is 0 Å². The maximum absolute atomic E-state index is 12.4. The van der Waals surface area contributed by atoms with Crippen molar-refractivity contribution in [1.29, 1.82) is 0 Å². The van der Waals surface area contributed by atoms with Crippen LogP contribution in [0.25, 0.3) is 0 Å². The maximum atomic E-state index is 12.4. The number of hydrazone groups is 1. The van der Waals surface area contributed by atoms with Crippen LogP contribution in [-0.4, -0.2) is 25.3 Å². The van der Waals surface area contributed by atoms with Crippen LogP contribution in [0.4, 0.5) is 0 Å². The summed E-state index contributed by atoms with van der Waals surface area (Å²) in [5.74, 6) is 1.50. The van der Waals surface area contributed by atoms with Gasteiger partial charge in [-0.05, 0) is 67.9 Å². The fourth-order valence-electron chi connectivity index (χ4n) is 2.85. The van der Waals surface area contributed by atoms with Gasteiger partial charge in [0.1, 0.15) is 12.4 Å². The lowest BCUT2D eigenvalue weighted by molar-refractivity contribution is 0.0954. The molecule has 0 aliphatic rings. The van der Waals surface area contributed by atoms with Gasteiger partial charge in [0, 0.05) is 16.1 Å². The zero-order valence-electron chi connectivity index (χ0n) is 18.0. The van der Waals surface area contributed by atoms with Crippen molar-refractivity contribution in [3.8, 4) is 17.2 Å². The Morgan fingerprint density at radius 2 is 1.66 bits per heavy atom. The van der Waals surface area contributed by atoms with Crippen molar-refractivity contribution in [2.24, 2.45) is 5.10 Å². The zero-order chi connectivity index (χ0) is 22.8. The Morgan fingerprint density at radius 3 is 2.38 bits per heavy atom. The van der Waals surface area contributed by atoms with Crippen LogP contribution < -0.4 is 19.6 Å². The number of hydrogen-bond donors (Lipinski definition) is 1. The van der Waals surface area contributed by atoms with E-state index in [2.05, 4.69) is 10.5 Å². The molecule has 0 spiro atoms. The van der Waals surface area contributed by atoms with E-state index in [0.717, 1.165) is 11.1 Å². The maximum Gasteiger partial charge on any atom is 0.271 e. The number of hydrogen-bond acceptors (Lipinski definition) is 5. The molecule has 3 aromatic rings. The molecular weight excluding hydrogens is 428 g/mol. The van der Waals surface area contributed by atoms with Crippen molar-refractivity contribution in [3.05, 3.63) is 88.4 Å². The van der Waals surface area contributed by atoms with E-state index in [1.165, 1.54) is 0 Å². The summed E-state index contributed by atoms with van der Waals surface area (Å²) in [4.78, 5) is 12.4. The van der Waals surface area contributed by atoms with E-state index >= 15 is 0 Å². The highest BCUT2D eigenvalue weighted by molar-refractivity contribution is 6.31. The van der Waals surface area contributed by atoms with Crippen molar-refractivity contribution in [1.82, 2.24) is 5.43 Å². The molecule has 0 saturated heterocycles. The number of carbonyl (C=O) groups is 1. The largest absolute Gasteiger partial charge is 0.490 e. The Hall–Kier alpha value is -3.51. The van der Waals surface area contributed by atoms with Gasteiger partial charge in [0.15, 0.2) is 11.5 Å². The lowest BCUT2D eigenvalue weighted by Crippen LogP contribution is -2.17. The fourth-order valence-corrected chi connectivity index (χ4v) is 3.04. The third-order valence-corrected chi connectivity index (χ3v) is 4.79. The van der Waals surface area contributed by atoms with Crippen molar-refractivity contribution in [2.75, 3.05) is 13.2 Å². The van der Waals surface area contributed by atoms with E-state index in [-0.39, 0.29) is 5.91 Å². The highest BCUT2D eigenvalue weighted by Crippen LogP contribution is 2.28. The Morgan fingerprint density at radius 1 is 0.938 bits per heavy atom. The number of rotatable bonds is 10.